The predicted octanol–water partition coefficient (Wildman–Crippen LogP) is 2.64. The molecule has 0 bridgehead atoms. The standard InChI is InChI=1S/C23H23NO7S/c1-29-20-8-7-15(11-21(20)30-2)13-24(16-9-10-32(27,28)14-16)23(26)22-12-18(25)17-5-3-4-6-19(17)31-22/h3-8,11-12,16H,9-10,13-14H2,1-2H3/t16-/m0/s1. The molecule has 1 atom stereocenters. The summed E-state index contributed by atoms with van der Waals surface area (Å²) >= 11 is 0. The summed E-state index contributed by atoms with van der Waals surface area (Å²) in [7, 11) is -0.208. The summed E-state index contributed by atoms with van der Waals surface area (Å²) in [5.41, 5.74) is 0.692. The molecule has 1 saturated heterocycles. The largest absolute Gasteiger partial charge is 0.493 e. The van der Waals surface area contributed by atoms with Crippen molar-refractivity contribution in [2.75, 3.05) is 25.7 Å². The molecule has 4 rings (SSSR count). The Balaban J connectivity index is 1.73. The highest BCUT2D eigenvalue weighted by atomic mass is 32.2. The number of hydrogen-bond acceptors (Lipinski definition) is 7. The first-order chi connectivity index (χ1) is 15.3. The molecule has 2 aromatic carbocycles. The molecule has 9 heteroatoms. The second-order valence-corrected chi connectivity index (χ2v) is 9.88. The first-order valence-electron chi connectivity index (χ1n) is 10.1. The highest BCUT2D eigenvalue weighted by Crippen LogP contribution is 2.30. The third-order valence-corrected chi connectivity index (χ3v) is 7.31. The predicted molar refractivity (Wildman–Crippen MR) is 119 cm³/mol. The van der Waals surface area contributed by atoms with Gasteiger partial charge in [-0.2, -0.15) is 0 Å². The fraction of sp³-hybridized carbons (Fsp3) is 0.304. The van der Waals surface area contributed by atoms with Gasteiger partial charge in [-0.25, -0.2) is 8.42 Å². The molecule has 1 amide bonds. The highest BCUT2D eigenvalue weighted by Gasteiger charge is 2.36. The van der Waals surface area contributed by atoms with Gasteiger partial charge in [0.05, 0.1) is 31.1 Å². The Bertz CT molecular complexity index is 1330. The lowest BCUT2D eigenvalue weighted by Crippen LogP contribution is -2.40. The summed E-state index contributed by atoms with van der Waals surface area (Å²) in [6.07, 6.45) is 0.319. The van der Waals surface area contributed by atoms with E-state index in [0.29, 0.717) is 28.9 Å². The van der Waals surface area contributed by atoms with E-state index in [-0.39, 0.29) is 29.2 Å². The van der Waals surface area contributed by atoms with Gasteiger partial charge in [-0.1, -0.05) is 18.2 Å². The Hall–Kier alpha value is -3.33. The normalized spacial score (nSPS) is 17.2. The molecule has 1 aliphatic rings. The molecular weight excluding hydrogens is 434 g/mol. The average molecular weight is 458 g/mol. The van der Waals surface area contributed by atoms with Crippen LogP contribution in [0.4, 0.5) is 0 Å². The quantitative estimate of drug-likeness (QED) is 0.561. The molecule has 168 valence electrons. The van der Waals surface area contributed by atoms with Crippen LogP contribution in [0.15, 0.2) is 57.7 Å². The van der Waals surface area contributed by atoms with Crippen LogP contribution < -0.4 is 14.9 Å². The lowest BCUT2D eigenvalue weighted by molar-refractivity contribution is 0.0648. The van der Waals surface area contributed by atoms with E-state index in [1.807, 2.05) is 0 Å². The molecule has 0 radical (unpaired) electrons. The number of ether oxygens (including phenoxy) is 2. The zero-order valence-electron chi connectivity index (χ0n) is 17.7. The average Bonchev–Trinajstić information content (AvgIpc) is 3.16. The Kier molecular flexibility index (Phi) is 5.92. The molecule has 3 aromatic rings. The summed E-state index contributed by atoms with van der Waals surface area (Å²) in [6, 6.07) is 12.5. The van der Waals surface area contributed by atoms with Crippen LogP contribution in [-0.2, 0) is 16.4 Å². The van der Waals surface area contributed by atoms with E-state index in [9.17, 15) is 18.0 Å². The molecule has 32 heavy (non-hydrogen) atoms. The number of fused-ring (bicyclic) bond motifs is 1. The number of amides is 1. The topological polar surface area (TPSA) is 103 Å². The summed E-state index contributed by atoms with van der Waals surface area (Å²) < 4.78 is 40.6. The SMILES string of the molecule is COc1ccc(CN(C(=O)c2cc(=O)c3ccccc3o2)[C@H]2CCS(=O)(=O)C2)cc1OC. The van der Waals surface area contributed by atoms with E-state index in [2.05, 4.69) is 0 Å². The Labute approximate surface area is 185 Å². The van der Waals surface area contributed by atoms with Crippen molar-refractivity contribution in [3.8, 4) is 11.5 Å². The zero-order chi connectivity index (χ0) is 22.9. The smallest absolute Gasteiger partial charge is 0.290 e. The van der Waals surface area contributed by atoms with E-state index < -0.39 is 21.8 Å². The number of carbonyl (C=O) groups excluding carboxylic acids is 1. The van der Waals surface area contributed by atoms with Crippen LogP contribution in [-0.4, -0.2) is 51.0 Å². The van der Waals surface area contributed by atoms with Crippen molar-refractivity contribution in [2.45, 2.75) is 19.0 Å². The van der Waals surface area contributed by atoms with Crippen LogP contribution in [0, 0.1) is 0 Å². The first-order valence-corrected chi connectivity index (χ1v) is 11.9. The molecule has 1 aromatic heterocycles. The van der Waals surface area contributed by atoms with Crippen LogP contribution in [0.2, 0.25) is 0 Å². The minimum absolute atomic E-state index is 0.00898. The number of carbonyl (C=O) groups is 1. The van der Waals surface area contributed by atoms with Crippen LogP contribution in [0.1, 0.15) is 22.5 Å². The molecule has 0 unspecified atom stereocenters. The number of para-hydroxylation sites is 1. The molecule has 8 nitrogen and oxygen atoms in total. The number of hydrogen-bond donors (Lipinski definition) is 0. The van der Waals surface area contributed by atoms with Crippen molar-refractivity contribution >= 4 is 26.7 Å². The minimum atomic E-state index is -3.25. The zero-order valence-corrected chi connectivity index (χ0v) is 18.6. The third-order valence-electron chi connectivity index (χ3n) is 5.56. The van der Waals surface area contributed by atoms with Crippen molar-refractivity contribution in [2.24, 2.45) is 0 Å². The molecule has 1 fully saturated rings. The lowest BCUT2D eigenvalue weighted by Gasteiger charge is -2.28. The van der Waals surface area contributed by atoms with Crippen molar-refractivity contribution in [1.29, 1.82) is 0 Å². The summed E-state index contributed by atoms with van der Waals surface area (Å²) in [6.45, 7) is 0.121. The molecule has 0 aliphatic carbocycles. The van der Waals surface area contributed by atoms with Crippen LogP contribution in [0.3, 0.4) is 0 Å². The van der Waals surface area contributed by atoms with Gasteiger partial charge in [-0.15, -0.1) is 0 Å². The number of sulfone groups is 1. The van der Waals surface area contributed by atoms with Gasteiger partial charge in [0.2, 0.25) is 0 Å². The van der Waals surface area contributed by atoms with Gasteiger partial charge < -0.3 is 18.8 Å². The van der Waals surface area contributed by atoms with Crippen LogP contribution in [0.5, 0.6) is 11.5 Å². The number of methoxy groups -OCH3 is 2. The van der Waals surface area contributed by atoms with E-state index in [4.69, 9.17) is 13.9 Å². The molecule has 2 heterocycles. The van der Waals surface area contributed by atoms with E-state index >= 15 is 0 Å². The van der Waals surface area contributed by atoms with Crippen LogP contribution in [0.25, 0.3) is 11.0 Å². The maximum atomic E-state index is 13.5. The van der Waals surface area contributed by atoms with Crippen molar-refractivity contribution in [3.63, 3.8) is 0 Å². The second kappa shape index (κ2) is 8.66. The second-order valence-electron chi connectivity index (χ2n) is 7.65. The van der Waals surface area contributed by atoms with E-state index in [0.717, 1.165) is 11.6 Å². The highest BCUT2D eigenvalue weighted by molar-refractivity contribution is 7.91. The van der Waals surface area contributed by atoms with Gasteiger partial charge in [-0.3, -0.25) is 9.59 Å². The summed E-state index contributed by atoms with van der Waals surface area (Å²) in [4.78, 5) is 27.4. The Morgan fingerprint density at radius 2 is 1.84 bits per heavy atom. The Morgan fingerprint density at radius 1 is 1.09 bits per heavy atom. The summed E-state index contributed by atoms with van der Waals surface area (Å²) in [5, 5.41) is 0.374. The van der Waals surface area contributed by atoms with Gasteiger partial charge in [-0.05, 0) is 36.2 Å². The van der Waals surface area contributed by atoms with E-state index in [1.165, 1.54) is 19.1 Å². The fourth-order valence-corrected chi connectivity index (χ4v) is 5.65. The van der Waals surface area contributed by atoms with Gasteiger partial charge >= 0.3 is 0 Å². The number of rotatable bonds is 6. The fourth-order valence-electron chi connectivity index (χ4n) is 3.91. The number of nitrogens with zero attached hydrogens (tertiary/aromatic N) is 1. The van der Waals surface area contributed by atoms with Gasteiger partial charge in [0, 0.05) is 18.7 Å². The van der Waals surface area contributed by atoms with Gasteiger partial charge in [0.25, 0.3) is 5.91 Å². The maximum Gasteiger partial charge on any atom is 0.290 e. The molecular formula is C23H23NO7S. The van der Waals surface area contributed by atoms with Gasteiger partial charge in [0.15, 0.2) is 32.5 Å². The monoisotopic (exact) mass is 457 g/mol. The van der Waals surface area contributed by atoms with Crippen molar-refractivity contribution < 1.29 is 27.1 Å². The molecule has 0 saturated carbocycles. The van der Waals surface area contributed by atoms with Gasteiger partial charge in [0.1, 0.15) is 5.58 Å². The molecule has 0 spiro atoms. The van der Waals surface area contributed by atoms with E-state index in [1.54, 1.807) is 42.5 Å². The lowest BCUT2D eigenvalue weighted by atomic mass is 10.1. The van der Waals surface area contributed by atoms with Crippen molar-refractivity contribution in [3.05, 3.63) is 70.1 Å². The third kappa shape index (κ3) is 4.34. The Morgan fingerprint density at radius 3 is 2.53 bits per heavy atom. The first kappa shape index (κ1) is 21.9. The van der Waals surface area contributed by atoms with Crippen LogP contribution >= 0.6 is 0 Å². The summed E-state index contributed by atoms with van der Waals surface area (Å²) in [5.74, 6) is 0.244. The maximum absolute atomic E-state index is 13.5. The molecule has 0 N–H and O–H groups in total. The molecule has 1 aliphatic heterocycles. The van der Waals surface area contributed by atoms with Crippen molar-refractivity contribution in [1.82, 2.24) is 4.90 Å². The minimum Gasteiger partial charge on any atom is -0.493 e. The number of benzene rings is 2.